The molecule has 0 fully saturated rings. The third-order valence-electron chi connectivity index (χ3n) is 5.70. The number of hydrogen-bond donors (Lipinski definition) is 0. The van der Waals surface area contributed by atoms with Crippen molar-refractivity contribution in [1.29, 1.82) is 0 Å². The lowest BCUT2D eigenvalue weighted by atomic mass is 9.95. The average Bonchev–Trinajstić information content (AvgIpc) is 3.02. The molecule has 1 aliphatic rings. The van der Waals surface area contributed by atoms with Crippen LogP contribution >= 0.6 is 11.6 Å². The molecule has 1 amide bonds. The van der Waals surface area contributed by atoms with Crippen LogP contribution in [-0.2, 0) is 0 Å². The van der Waals surface area contributed by atoms with Crippen molar-refractivity contribution in [2.75, 3.05) is 4.90 Å². The van der Waals surface area contributed by atoms with E-state index in [2.05, 4.69) is 12.1 Å². The van der Waals surface area contributed by atoms with Gasteiger partial charge in [-0.25, -0.2) is 0 Å². The van der Waals surface area contributed by atoms with Crippen LogP contribution in [0.15, 0.2) is 114 Å². The Morgan fingerprint density at radius 3 is 2.12 bits per heavy atom. The Morgan fingerprint density at radius 2 is 1.41 bits per heavy atom. The highest BCUT2D eigenvalue weighted by molar-refractivity contribution is 6.30. The maximum absolute atomic E-state index is 13.8. The molecule has 0 bridgehead atoms. The Balaban J connectivity index is 1.69. The summed E-state index contributed by atoms with van der Waals surface area (Å²) in [7, 11) is 0. The van der Waals surface area contributed by atoms with Crippen molar-refractivity contribution in [3.63, 3.8) is 0 Å². The molecule has 1 unspecified atom stereocenters. The first kappa shape index (κ1) is 20.2. The molecule has 4 aromatic rings. The fourth-order valence-electron chi connectivity index (χ4n) is 4.13. The normalized spacial score (nSPS) is 15.5. The lowest BCUT2D eigenvalue weighted by Gasteiger charge is -2.32. The quantitative estimate of drug-likeness (QED) is 0.333. The van der Waals surface area contributed by atoms with E-state index in [1.165, 1.54) is 0 Å². The summed E-state index contributed by atoms with van der Waals surface area (Å²) < 4.78 is 0. The Kier molecular flexibility index (Phi) is 5.57. The summed E-state index contributed by atoms with van der Waals surface area (Å²) in [6, 6.07) is 34.9. The summed E-state index contributed by atoms with van der Waals surface area (Å²) in [6.07, 6.45) is 0.582. The lowest BCUT2D eigenvalue weighted by Crippen LogP contribution is -2.35. The van der Waals surface area contributed by atoms with Crippen LogP contribution in [0, 0.1) is 0 Å². The Hall–Kier alpha value is -3.69. The van der Waals surface area contributed by atoms with E-state index < -0.39 is 0 Å². The zero-order chi connectivity index (χ0) is 21.9. The first-order chi connectivity index (χ1) is 15.7. The van der Waals surface area contributed by atoms with Crippen LogP contribution in [0.2, 0.25) is 5.02 Å². The van der Waals surface area contributed by atoms with Crippen molar-refractivity contribution in [2.45, 2.75) is 12.5 Å². The number of fused-ring (bicyclic) bond motifs is 1. The number of nitrogens with zero attached hydrogens (tertiary/aromatic N) is 2. The minimum absolute atomic E-state index is 0.0422. The van der Waals surface area contributed by atoms with Gasteiger partial charge in [0.1, 0.15) is 0 Å². The van der Waals surface area contributed by atoms with Crippen molar-refractivity contribution in [3.8, 4) is 0 Å². The van der Waals surface area contributed by atoms with E-state index in [0.29, 0.717) is 17.0 Å². The van der Waals surface area contributed by atoms with E-state index in [1.807, 2.05) is 102 Å². The third kappa shape index (κ3) is 3.95. The second-order valence-electron chi connectivity index (χ2n) is 7.73. The highest BCUT2D eigenvalue weighted by Crippen LogP contribution is 2.41. The van der Waals surface area contributed by atoms with Gasteiger partial charge < -0.3 is 0 Å². The van der Waals surface area contributed by atoms with Crippen molar-refractivity contribution >= 4 is 34.6 Å². The standard InChI is InChI=1S/C28H21ClN2O/c29-23-17-15-20(16-18-23)25-19-27(21-9-3-1-4-10-21)31(26-14-8-7-13-24(26)30-25)28(32)22-11-5-2-6-12-22/h1-18,27H,19H2. The molecular formula is C28H21ClN2O. The van der Waals surface area contributed by atoms with Gasteiger partial charge in [-0.15, -0.1) is 0 Å². The zero-order valence-corrected chi connectivity index (χ0v) is 18.1. The topological polar surface area (TPSA) is 32.7 Å². The zero-order valence-electron chi connectivity index (χ0n) is 17.4. The molecular weight excluding hydrogens is 416 g/mol. The fraction of sp³-hybridized carbons (Fsp3) is 0.0714. The first-order valence-electron chi connectivity index (χ1n) is 10.6. The van der Waals surface area contributed by atoms with Gasteiger partial charge in [-0.1, -0.05) is 84.4 Å². The van der Waals surface area contributed by atoms with Crippen LogP contribution in [0.3, 0.4) is 0 Å². The van der Waals surface area contributed by atoms with Gasteiger partial charge in [-0.2, -0.15) is 0 Å². The van der Waals surface area contributed by atoms with E-state index in [4.69, 9.17) is 16.6 Å². The van der Waals surface area contributed by atoms with E-state index in [0.717, 1.165) is 28.2 Å². The molecule has 0 saturated carbocycles. The number of anilines is 1. The smallest absolute Gasteiger partial charge is 0.258 e. The number of halogens is 1. The van der Waals surface area contributed by atoms with Crippen LogP contribution in [0.1, 0.15) is 33.9 Å². The van der Waals surface area contributed by atoms with E-state index in [-0.39, 0.29) is 11.9 Å². The predicted molar refractivity (Wildman–Crippen MR) is 131 cm³/mol. The maximum Gasteiger partial charge on any atom is 0.258 e. The van der Waals surface area contributed by atoms with E-state index in [9.17, 15) is 4.79 Å². The summed E-state index contributed by atoms with van der Waals surface area (Å²) in [5.41, 5.74) is 5.22. The van der Waals surface area contributed by atoms with Gasteiger partial charge in [-0.3, -0.25) is 14.7 Å². The monoisotopic (exact) mass is 436 g/mol. The summed E-state index contributed by atoms with van der Waals surface area (Å²) >= 11 is 6.13. The van der Waals surface area contributed by atoms with E-state index in [1.54, 1.807) is 0 Å². The van der Waals surface area contributed by atoms with Crippen LogP contribution in [0.4, 0.5) is 11.4 Å². The number of carbonyl (C=O) groups is 1. The van der Waals surface area contributed by atoms with Gasteiger partial charge in [0.2, 0.25) is 0 Å². The second kappa shape index (κ2) is 8.81. The molecule has 0 N–H and O–H groups in total. The molecule has 0 aromatic heterocycles. The number of hydrogen-bond acceptors (Lipinski definition) is 2. The Morgan fingerprint density at radius 1 is 0.781 bits per heavy atom. The molecule has 0 radical (unpaired) electrons. The predicted octanol–water partition coefficient (Wildman–Crippen LogP) is 7.25. The molecule has 4 aromatic carbocycles. The van der Waals surface area contributed by atoms with Crippen LogP contribution in [0.5, 0.6) is 0 Å². The van der Waals surface area contributed by atoms with E-state index >= 15 is 0 Å². The van der Waals surface area contributed by atoms with Gasteiger partial charge in [0, 0.05) is 17.0 Å². The molecule has 5 rings (SSSR count). The first-order valence-corrected chi connectivity index (χ1v) is 10.9. The largest absolute Gasteiger partial charge is 0.298 e. The number of aliphatic imine (C=N–C) groups is 1. The van der Waals surface area contributed by atoms with Crippen molar-refractivity contribution in [1.82, 2.24) is 0 Å². The summed E-state index contributed by atoms with van der Waals surface area (Å²) in [5.74, 6) is -0.0422. The fourth-order valence-corrected chi connectivity index (χ4v) is 4.26. The SMILES string of the molecule is O=C(c1ccccc1)N1c2ccccc2N=C(c2ccc(Cl)cc2)CC1c1ccccc1. The van der Waals surface area contributed by atoms with Crippen molar-refractivity contribution in [2.24, 2.45) is 4.99 Å². The highest BCUT2D eigenvalue weighted by atomic mass is 35.5. The molecule has 1 aliphatic heterocycles. The number of benzene rings is 4. The van der Waals surface area contributed by atoms with Gasteiger partial charge in [0.25, 0.3) is 5.91 Å². The van der Waals surface area contributed by atoms with Crippen LogP contribution in [0.25, 0.3) is 0 Å². The summed E-state index contributed by atoms with van der Waals surface area (Å²) in [6.45, 7) is 0. The second-order valence-corrected chi connectivity index (χ2v) is 8.16. The third-order valence-corrected chi connectivity index (χ3v) is 5.95. The number of carbonyl (C=O) groups excluding carboxylic acids is 1. The number of para-hydroxylation sites is 2. The molecule has 156 valence electrons. The van der Waals surface area contributed by atoms with Crippen molar-refractivity contribution in [3.05, 3.63) is 131 Å². The molecule has 4 heteroatoms. The molecule has 32 heavy (non-hydrogen) atoms. The lowest BCUT2D eigenvalue weighted by molar-refractivity contribution is 0.0977. The maximum atomic E-state index is 13.8. The highest BCUT2D eigenvalue weighted by Gasteiger charge is 2.32. The van der Waals surface area contributed by atoms with Gasteiger partial charge in [-0.05, 0) is 47.5 Å². The molecule has 0 saturated heterocycles. The molecule has 0 spiro atoms. The van der Waals surface area contributed by atoms with Crippen molar-refractivity contribution < 1.29 is 4.79 Å². The summed E-state index contributed by atoms with van der Waals surface area (Å²) in [5, 5.41) is 0.684. The summed E-state index contributed by atoms with van der Waals surface area (Å²) in [4.78, 5) is 20.8. The van der Waals surface area contributed by atoms with Gasteiger partial charge >= 0.3 is 0 Å². The molecule has 0 aliphatic carbocycles. The van der Waals surface area contributed by atoms with Gasteiger partial charge in [0.05, 0.1) is 23.1 Å². The Labute approximate surface area is 192 Å². The molecule has 1 atom stereocenters. The molecule has 1 heterocycles. The minimum atomic E-state index is -0.206. The molecule has 3 nitrogen and oxygen atoms in total. The van der Waals surface area contributed by atoms with Crippen LogP contribution in [-0.4, -0.2) is 11.6 Å². The van der Waals surface area contributed by atoms with Gasteiger partial charge in [0.15, 0.2) is 0 Å². The average molecular weight is 437 g/mol. The number of rotatable bonds is 3. The van der Waals surface area contributed by atoms with Crippen LogP contribution < -0.4 is 4.90 Å². The minimum Gasteiger partial charge on any atom is -0.298 e. The Bertz CT molecular complexity index is 1270. The number of amides is 1.